The third-order valence-electron chi connectivity index (χ3n) is 3.44. The minimum atomic E-state index is -0.467. The van der Waals surface area contributed by atoms with E-state index in [4.69, 9.17) is 25.8 Å². The summed E-state index contributed by atoms with van der Waals surface area (Å²) in [5.74, 6) is 0.384. The Bertz CT molecular complexity index is 766. The van der Waals surface area contributed by atoms with Gasteiger partial charge in [0.25, 0.3) is 5.91 Å². The van der Waals surface area contributed by atoms with E-state index in [2.05, 4.69) is 5.32 Å². The lowest BCUT2D eigenvalue weighted by Gasteiger charge is -2.11. The predicted molar refractivity (Wildman–Crippen MR) is 103 cm³/mol. The first-order valence-corrected chi connectivity index (χ1v) is 9.02. The maximum absolute atomic E-state index is 11.8. The van der Waals surface area contributed by atoms with E-state index in [1.165, 1.54) is 0 Å². The normalized spacial score (nSPS) is 10.1. The number of hydrogen-bond acceptors (Lipinski definition) is 5. The monoisotopic (exact) mass is 391 g/mol. The van der Waals surface area contributed by atoms with Crippen molar-refractivity contribution < 1.29 is 23.8 Å². The van der Waals surface area contributed by atoms with Gasteiger partial charge >= 0.3 is 5.97 Å². The molecule has 0 radical (unpaired) electrons. The summed E-state index contributed by atoms with van der Waals surface area (Å²) in [5, 5.41) is 3.00. The number of carbonyl (C=O) groups is 2. The number of anilines is 1. The molecule has 2 aromatic carbocycles. The fraction of sp³-hybridized carbons (Fsp3) is 0.300. The van der Waals surface area contributed by atoms with Crippen molar-refractivity contribution >= 4 is 29.2 Å². The van der Waals surface area contributed by atoms with Gasteiger partial charge in [-0.15, -0.1) is 0 Å². The van der Waals surface area contributed by atoms with Gasteiger partial charge in [-0.3, -0.25) is 9.59 Å². The van der Waals surface area contributed by atoms with Crippen LogP contribution in [0.2, 0.25) is 5.02 Å². The smallest absolute Gasteiger partial charge is 0.306 e. The molecular formula is C20H22ClNO5. The fourth-order valence-corrected chi connectivity index (χ4v) is 2.39. The van der Waals surface area contributed by atoms with Gasteiger partial charge in [0.15, 0.2) is 18.1 Å². The van der Waals surface area contributed by atoms with Crippen LogP contribution in [0.4, 0.5) is 5.69 Å². The zero-order valence-electron chi connectivity index (χ0n) is 15.1. The molecule has 0 aliphatic heterocycles. The summed E-state index contributed by atoms with van der Waals surface area (Å²) in [6, 6.07) is 14.2. The first-order valence-electron chi connectivity index (χ1n) is 8.64. The molecule has 7 heteroatoms. The van der Waals surface area contributed by atoms with E-state index in [-0.39, 0.29) is 13.0 Å². The van der Waals surface area contributed by atoms with Gasteiger partial charge in [0.1, 0.15) is 0 Å². The zero-order valence-corrected chi connectivity index (χ0v) is 15.8. The molecule has 0 saturated heterocycles. The van der Waals surface area contributed by atoms with Crippen LogP contribution in [0, 0.1) is 0 Å². The first-order chi connectivity index (χ1) is 13.1. The van der Waals surface area contributed by atoms with Crippen LogP contribution in [0.5, 0.6) is 11.5 Å². The second kappa shape index (κ2) is 11.1. The van der Waals surface area contributed by atoms with Gasteiger partial charge in [0, 0.05) is 6.42 Å². The molecule has 0 spiro atoms. The van der Waals surface area contributed by atoms with E-state index >= 15 is 0 Å². The van der Waals surface area contributed by atoms with Gasteiger partial charge in [-0.05, 0) is 37.6 Å². The lowest BCUT2D eigenvalue weighted by molar-refractivity contribution is -0.147. The number of hydrogen-bond donors (Lipinski definition) is 1. The minimum Gasteiger partial charge on any atom is -0.490 e. The molecule has 0 aromatic heterocycles. The van der Waals surface area contributed by atoms with Crippen LogP contribution in [-0.4, -0.2) is 31.7 Å². The lowest BCUT2D eigenvalue weighted by atomic mass is 10.3. The average Bonchev–Trinajstić information content (AvgIpc) is 2.67. The number of rotatable bonds is 10. The molecule has 1 amide bonds. The highest BCUT2D eigenvalue weighted by Crippen LogP contribution is 2.26. The van der Waals surface area contributed by atoms with Crippen LogP contribution in [0.25, 0.3) is 0 Å². The maximum Gasteiger partial charge on any atom is 0.306 e. The second-order valence-corrected chi connectivity index (χ2v) is 5.93. The molecule has 0 aliphatic carbocycles. The summed E-state index contributed by atoms with van der Waals surface area (Å²) in [4.78, 5) is 23.5. The number of halogens is 1. The van der Waals surface area contributed by atoms with E-state index in [1.54, 1.807) is 24.3 Å². The van der Waals surface area contributed by atoms with Crippen LogP contribution in [-0.2, 0) is 14.3 Å². The van der Waals surface area contributed by atoms with Crippen LogP contribution in [0.1, 0.15) is 19.8 Å². The molecule has 0 heterocycles. The molecule has 144 valence electrons. The molecule has 1 N–H and O–H groups in total. The highest BCUT2D eigenvalue weighted by molar-refractivity contribution is 6.33. The Hall–Kier alpha value is -2.73. The summed E-state index contributed by atoms with van der Waals surface area (Å²) in [7, 11) is 0. The Balaban J connectivity index is 1.65. The molecule has 0 atom stereocenters. The van der Waals surface area contributed by atoms with Gasteiger partial charge in [-0.2, -0.15) is 0 Å². The molecule has 6 nitrogen and oxygen atoms in total. The van der Waals surface area contributed by atoms with Crippen molar-refractivity contribution in [3.05, 3.63) is 53.6 Å². The van der Waals surface area contributed by atoms with Crippen LogP contribution >= 0.6 is 11.6 Å². The van der Waals surface area contributed by atoms with Crippen LogP contribution in [0.3, 0.4) is 0 Å². The molecule has 0 bridgehead atoms. The molecule has 0 fully saturated rings. The third-order valence-corrected chi connectivity index (χ3v) is 3.77. The van der Waals surface area contributed by atoms with Crippen molar-refractivity contribution in [3.8, 4) is 11.5 Å². The standard InChI is InChI=1S/C20H22ClNO5/c1-2-25-17-10-5-6-11-18(17)26-13-7-12-20(24)27-14-19(23)22-16-9-4-3-8-15(16)21/h3-6,8-11H,2,7,12-14H2,1H3,(H,22,23). The van der Waals surface area contributed by atoms with E-state index < -0.39 is 11.9 Å². The summed E-state index contributed by atoms with van der Waals surface area (Å²) >= 11 is 5.95. The van der Waals surface area contributed by atoms with Gasteiger partial charge in [0.05, 0.1) is 23.9 Å². The van der Waals surface area contributed by atoms with Crippen molar-refractivity contribution in [2.24, 2.45) is 0 Å². The number of ether oxygens (including phenoxy) is 3. The molecule has 2 rings (SSSR count). The van der Waals surface area contributed by atoms with E-state index in [1.807, 2.05) is 31.2 Å². The van der Waals surface area contributed by atoms with Gasteiger partial charge in [0.2, 0.25) is 0 Å². The van der Waals surface area contributed by atoms with Crippen molar-refractivity contribution in [1.82, 2.24) is 0 Å². The Morgan fingerprint density at radius 1 is 1.00 bits per heavy atom. The number of esters is 1. The maximum atomic E-state index is 11.8. The van der Waals surface area contributed by atoms with Crippen molar-refractivity contribution in [3.63, 3.8) is 0 Å². The zero-order chi connectivity index (χ0) is 19.5. The second-order valence-electron chi connectivity index (χ2n) is 5.52. The topological polar surface area (TPSA) is 73.9 Å². The largest absolute Gasteiger partial charge is 0.490 e. The Kier molecular flexibility index (Phi) is 8.45. The van der Waals surface area contributed by atoms with Crippen molar-refractivity contribution in [1.29, 1.82) is 0 Å². The van der Waals surface area contributed by atoms with E-state index in [0.717, 1.165) is 0 Å². The van der Waals surface area contributed by atoms with Crippen molar-refractivity contribution in [2.45, 2.75) is 19.8 Å². The summed E-state index contributed by atoms with van der Waals surface area (Å²) in [6.45, 7) is 2.42. The van der Waals surface area contributed by atoms with Crippen molar-refractivity contribution in [2.75, 3.05) is 25.1 Å². The number of nitrogens with one attached hydrogen (secondary N) is 1. The number of carbonyl (C=O) groups excluding carboxylic acids is 2. The van der Waals surface area contributed by atoms with Gasteiger partial charge in [-0.25, -0.2) is 0 Å². The average molecular weight is 392 g/mol. The lowest BCUT2D eigenvalue weighted by Crippen LogP contribution is -2.21. The predicted octanol–water partition coefficient (Wildman–Crippen LogP) is 4.08. The molecule has 2 aromatic rings. The Morgan fingerprint density at radius 2 is 1.67 bits per heavy atom. The highest BCUT2D eigenvalue weighted by Gasteiger charge is 2.10. The fourth-order valence-electron chi connectivity index (χ4n) is 2.21. The molecule has 0 aliphatic rings. The Morgan fingerprint density at radius 3 is 2.37 bits per heavy atom. The van der Waals surface area contributed by atoms with Gasteiger partial charge in [-0.1, -0.05) is 35.9 Å². The summed E-state index contributed by atoms with van der Waals surface area (Å²) in [5.41, 5.74) is 0.474. The minimum absolute atomic E-state index is 0.149. The quantitative estimate of drug-likeness (QED) is 0.488. The number of para-hydroxylation sites is 3. The van der Waals surface area contributed by atoms with Crippen LogP contribution < -0.4 is 14.8 Å². The molecule has 0 saturated carbocycles. The van der Waals surface area contributed by atoms with Crippen LogP contribution in [0.15, 0.2) is 48.5 Å². The molecular weight excluding hydrogens is 370 g/mol. The summed E-state index contributed by atoms with van der Waals surface area (Å²) in [6.07, 6.45) is 0.613. The number of benzene rings is 2. The SMILES string of the molecule is CCOc1ccccc1OCCCC(=O)OCC(=O)Nc1ccccc1Cl. The number of amides is 1. The molecule has 27 heavy (non-hydrogen) atoms. The molecule has 0 unspecified atom stereocenters. The summed E-state index contributed by atoms with van der Waals surface area (Å²) < 4.78 is 16.1. The third kappa shape index (κ3) is 7.19. The first kappa shape index (κ1) is 20.6. The van der Waals surface area contributed by atoms with Gasteiger partial charge < -0.3 is 19.5 Å². The van der Waals surface area contributed by atoms with E-state index in [0.29, 0.717) is 41.8 Å². The van der Waals surface area contributed by atoms with E-state index in [9.17, 15) is 9.59 Å². The Labute approximate surface area is 163 Å². The highest BCUT2D eigenvalue weighted by atomic mass is 35.5.